The maximum Gasteiger partial charge on any atom is 0.573 e. The Morgan fingerprint density at radius 1 is 0.950 bits per heavy atom. The number of benzene rings is 3. The molecule has 1 saturated heterocycles. The first-order chi connectivity index (χ1) is 18.8. The first kappa shape index (κ1) is 28.1. The normalized spacial score (nSPS) is 21.9. The minimum atomic E-state index is -4.88. The average Bonchev–Trinajstić information content (AvgIpc) is 3.45. The minimum absolute atomic E-state index is 0.0515. The van der Waals surface area contributed by atoms with Gasteiger partial charge in [-0.3, -0.25) is 0 Å². The standard InChI is InChI=1S/C29H28F6N2O3/c30-28(31,32)26(39)17-37-18-27(24-9-1-2-10-25(24)37,15-19-5-3-8-23(13-19)40-29(33,34)35)20-6-4-7-21(14-20)36-12-11-22(38)16-36/h1-10,13-14,22,26,38-39H,11-12,15-18H2. The molecule has 3 atom stereocenters. The van der Waals surface area contributed by atoms with Crippen LogP contribution in [0.3, 0.4) is 0 Å². The lowest BCUT2D eigenvalue weighted by molar-refractivity contribution is -0.274. The first-order valence-electron chi connectivity index (χ1n) is 12.8. The molecule has 5 rings (SSSR count). The van der Waals surface area contributed by atoms with E-state index in [0.29, 0.717) is 36.3 Å². The zero-order chi connectivity index (χ0) is 28.7. The van der Waals surface area contributed by atoms with Gasteiger partial charge in [0.15, 0.2) is 6.10 Å². The number of hydrogen-bond acceptors (Lipinski definition) is 5. The van der Waals surface area contributed by atoms with Crippen molar-refractivity contribution < 1.29 is 41.3 Å². The fourth-order valence-electron chi connectivity index (χ4n) is 5.80. The summed E-state index contributed by atoms with van der Waals surface area (Å²) in [5.41, 5.74) is 2.32. The summed E-state index contributed by atoms with van der Waals surface area (Å²) in [7, 11) is 0. The highest BCUT2D eigenvalue weighted by Crippen LogP contribution is 2.48. The summed E-state index contributed by atoms with van der Waals surface area (Å²) in [6.45, 7) is 0.427. The molecule has 0 saturated carbocycles. The fraction of sp³-hybridized carbons (Fsp3) is 0.379. The van der Waals surface area contributed by atoms with Gasteiger partial charge in [-0.1, -0.05) is 42.5 Å². The van der Waals surface area contributed by atoms with Gasteiger partial charge in [-0.2, -0.15) is 13.2 Å². The van der Waals surface area contributed by atoms with E-state index in [9.17, 15) is 36.6 Å². The van der Waals surface area contributed by atoms with Crippen LogP contribution in [0.15, 0.2) is 72.8 Å². The minimum Gasteiger partial charge on any atom is -0.406 e. The van der Waals surface area contributed by atoms with E-state index in [1.807, 2.05) is 29.2 Å². The lowest BCUT2D eigenvalue weighted by Gasteiger charge is -2.33. The molecule has 0 amide bonds. The number of nitrogens with zero attached hydrogens (tertiary/aromatic N) is 2. The molecule has 0 aliphatic carbocycles. The van der Waals surface area contributed by atoms with Crippen molar-refractivity contribution in [1.29, 1.82) is 0 Å². The Kier molecular flexibility index (Phi) is 7.39. The fourth-order valence-corrected chi connectivity index (χ4v) is 5.80. The van der Waals surface area contributed by atoms with Gasteiger partial charge in [-0.15, -0.1) is 13.2 Å². The highest BCUT2D eigenvalue weighted by Gasteiger charge is 2.47. The lowest BCUT2D eigenvalue weighted by Crippen LogP contribution is -2.44. The molecule has 2 heterocycles. The van der Waals surface area contributed by atoms with Crippen LogP contribution >= 0.6 is 0 Å². The molecular weight excluding hydrogens is 538 g/mol. The van der Waals surface area contributed by atoms with Gasteiger partial charge >= 0.3 is 12.5 Å². The van der Waals surface area contributed by atoms with Crippen LogP contribution in [-0.2, 0) is 11.8 Å². The summed E-state index contributed by atoms with van der Waals surface area (Å²) in [6.07, 6.45) is -12.0. The highest BCUT2D eigenvalue weighted by molar-refractivity contribution is 5.68. The van der Waals surface area contributed by atoms with E-state index >= 15 is 0 Å². The van der Waals surface area contributed by atoms with Gasteiger partial charge < -0.3 is 24.7 Å². The molecule has 1 fully saturated rings. The summed E-state index contributed by atoms with van der Waals surface area (Å²) in [4.78, 5) is 3.50. The zero-order valence-electron chi connectivity index (χ0n) is 21.3. The Hall–Kier alpha value is -3.44. The zero-order valence-corrected chi connectivity index (χ0v) is 21.3. The summed E-state index contributed by atoms with van der Waals surface area (Å²) in [5, 5.41) is 20.0. The van der Waals surface area contributed by atoms with Crippen LogP contribution in [-0.4, -0.2) is 61.1 Å². The molecule has 3 unspecified atom stereocenters. The largest absolute Gasteiger partial charge is 0.573 e. The topological polar surface area (TPSA) is 56.2 Å². The third-order valence-electron chi connectivity index (χ3n) is 7.56. The summed E-state index contributed by atoms with van der Waals surface area (Å²) >= 11 is 0. The van der Waals surface area contributed by atoms with Crippen LogP contribution in [0.1, 0.15) is 23.1 Å². The van der Waals surface area contributed by atoms with Gasteiger partial charge in [0, 0.05) is 36.4 Å². The molecule has 2 N–H and O–H groups in total. The average molecular weight is 567 g/mol. The third-order valence-corrected chi connectivity index (χ3v) is 7.56. The van der Waals surface area contributed by atoms with E-state index in [2.05, 4.69) is 4.74 Å². The van der Waals surface area contributed by atoms with Crippen molar-refractivity contribution in [3.05, 3.63) is 89.5 Å². The Balaban J connectivity index is 1.60. The number of hydrogen-bond donors (Lipinski definition) is 2. The van der Waals surface area contributed by atoms with E-state index in [1.165, 1.54) is 23.1 Å². The van der Waals surface area contributed by atoms with Crippen molar-refractivity contribution in [2.45, 2.75) is 43.0 Å². The van der Waals surface area contributed by atoms with E-state index in [-0.39, 0.29) is 13.0 Å². The molecule has 2 aliphatic rings. The van der Waals surface area contributed by atoms with Crippen LogP contribution in [0.25, 0.3) is 0 Å². The Bertz CT molecular complexity index is 1350. The second-order valence-corrected chi connectivity index (χ2v) is 10.3. The molecule has 3 aromatic carbocycles. The van der Waals surface area contributed by atoms with Gasteiger partial charge in [0.1, 0.15) is 5.75 Å². The SMILES string of the molecule is OC1CCN(c2cccc(C3(Cc4cccc(OC(F)(F)F)c4)CN(CC(O)C(F)(F)F)c4ccccc43)c2)C1. The Labute approximate surface area is 227 Å². The molecule has 11 heteroatoms. The van der Waals surface area contributed by atoms with Gasteiger partial charge in [0.2, 0.25) is 0 Å². The Morgan fingerprint density at radius 3 is 2.40 bits per heavy atom. The molecule has 40 heavy (non-hydrogen) atoms. The van der Waals surface area contributed by atoms with Crippen LogP contribution in [0, 0.1) is 0 Å². The molecule has 214 valence electrons. The first-order valence-corrected chi connectivity index (χ1v) is 12.8. The molecule has 0 aromatic heterocycles. The number of β-amino-alcohol motifs (C(OH)–C–C–N with tert-alkyl or cyclic N) is 2. The summed E-state index contributed by atoms with van der Waals surface area (Å²) in [5.74, 6) is -0.393. The van der Waals surface area contributed by atoms with Crippen LogP contribution in [0.4, 0.5) is 37.7 Å². The lowest BCUT2D eigenvalue weighted by atomic mass is 9.71. The summed E-state index contributed by atoms with van der Waals surface area (Å²) in [6, 6.07) is 20.0. The number of fused-ring (bicyclic) bond motifs is 1. The van der Waals surface area contributed by atoms with E-state index < -0.39 is 42.5 Å². The number of aliphatic hydroxyl groups excluding tert-OH is 2. The molecular formula is C29H28F6N2O3. The van der Waals surface area contributed by atoms with Crippen molar-refractivity contribution in [2.75, 3.05) is 36.0 Å². The Morgan fingerprint density at radius 2 is 1.70 bits per heavy atom. The summed E-state index contributed by atoms with van der Waals surface area (Å²) < 4.78 is 83.0. The van der Waals surface area contributed by atoms with Crippen molar-refractivity contribution >= 4 is 11.4 Å². The molecule has 5 nitrogen and oxygen atoms in total. The molecule has 0 bridgehead atoms. The number of rotatable bonds is 7. The smallest absolute Gasteiger partial charge is 0.406 e. The van der Waals surface area contributed by atoms with E-state index in [4.69, 9.17) is 0 Å². The monoisotopic (exact) mass is 566 g/mol. The number of alkyl halides is 6. The highest BCUT2D eigenvalue weighted by atomic mass is 19.4. The van der Waals surface area contributed by atoms with E-state index in [1.54, 1.807) is 30.3 Å². The van der Waals surface area contributed by atoms with E-state index in [0.717, 1.165) is 11.3 Å². The predicted molar refractivity (Wildman–Crippen MR) is 138 cm³/mol. The number of halogens is 6. The van der Waals surface area contributed by atoms with Crippen molar-refractivity contribution in [3.8, 4) is 5.75 Å². The third kappa shape index (κ3) is 5.85. The molecule has 3 aromatic rings. The van der Waals surface area contributed by atoms with Crippen LogP contribution in [0.2, 0.25) is 0 Å². The number of anilines is 2. The maximum atomic E-state index is 13.4. The van der Waals surface area contributed by atoms with Crippen molar-refractivity contribution in [1.82, 2.24) is 0 Å². The molecule has 0 radical (unpaired) electrons. The van der Waals surface area contributed by atoms with Crippen molar-refractivity contribution in [2.24, 2.45) is 0 Å². The molecule has 0 spiro atoms. The maximum absolute atomic E-state index is 13.4. The second-order valence-electron chi connectivity index (χ2n) is 10.3. The predicted octanol–water partition coefficient (Wildman–Crippen LogP) is 5.43. The van der Waals surface area contributed by atoms with Crippen LogP contribution < -0.4 is 14.5 Å². The van der Waals surface area contributed by atoms with Crippen molar-refractivity contribution in [3.63, 3.8) is 0 Å². The number of aliphatic hydroxyl groups is 2. The van der Waals surface area contributed by atoms with Gasteiger partial charge in [0.05, 0.1) is 12.6 Å². The van der Waals surface area contributed by atoms with Crippen LogP contribution in [0.5, 0.6) is 5.75 Å². The quantitative estimate of drug-likeness (QED) is 0.374. The molecule has 2 aliphatic heterocycles. The van der Waals surface area contributed by atoms with Gasteiger partial charge in [0.25, 0.3) is 0 Å². The van der Waals surface area contributed by atoms with Gasteiger partial charge in [-0.05, 0) is 59.9 Å². The number of para-hydroxylation sites is 1. The number of ether oxygens (including phenoxy) is 1. The second kappa shape index (κ2) is 10.5. The van der Waals surface area contributed by atoms with Gasteiger partial charge in [-0.25, -0.2) is 0 Å².